The van der Waals surface area contributed by atoms with Gasteiger partial charge in [0.1, 0.15) is 11.4 Å². The van der Waals surface area contributed by atoms with Crippen LogP contribution in [0.1, 0.15) is 46.0 Å². The highest BCUT2D eigenvalue weighted by Gasteiger charge is 2.22. The van der Waals surface area contributed by atoms with E-state index in [2.05, 4.69) is 20.0 Å². The largest absolute Gasteiger partial charge is 0.480 e. The van der Waals surface area contributed by atoms with Crippen LogP contribution in [0, 0.1) is 6.92 Å². The van der Waals surface area contributed by atoms with E-state index in [1.54, 1.807) is 33.1 Å². The third kappa shape index (κ3) is 6.05. The lowest BCUT2D eigenvalue weighted by molar-refractivity contribution is 0.0954. The number of nitrogens with zero attached hydrogens (tertiary/aromatic N) is 2. The Morgan fingerprint density at radius 3 is 2.48 bits per heavy atom. The number of aryl methyl sites for hydroxylation is 1. The molecule has 1 aromatic carbocycles. The first-order chi connectivity index (χ1) is 15.6. The number of rotatable bonds is 10. The van der Waals surface area contributed by atoms with Crippen LogP contribution in [0.25, 0.3) is 10.2 Å². The second kappa shape index (κ2) is 10.6. The summed E-state index contributed by atoms with van der Waals surface area (Å²) in [4.78, 5) is 23.0. The molecular weight excluding hydrogens is 464 g/mol. The average Bonchev–Trinajstić information content (AvgIpc) is 3.08. The third-order valence-corrected chi connectivity index (χ3v) is 7.50. The Kier molecular flexibility index (Phi) is 8.01. The highest BCUT2D eigenvalue weighted by Crippen LogP contribution is 2.35. The van der Waals surface area contributed by atoms with Gasteiger partial charge in [0.25, 0.3) is 5.91 Å². The van der Waals surface area contributed by atoms with Crippen molar-refractivity contribution in [2.24, 2.45) is 0 Å². The third-order valence-electron chi connectivity index (χ3n) is 4.79. The molecule has 178 valence electrons. The van der Waals surface area contributed by atoms with Crippen LogP contribution >= 0.6 is 11.3 Å². The molecule has 0 aliphatic rings. The summed E-state index contributed by atoms with van der Waals surface area (Å²) >= 11 is 1.25. The van der Waals surface area contributed by atoms with Crippen LogP contribution in [0.5, 0.6) is 5.88 Å². The van der Waals surface area contributed by atoms with E-state index >= 15 is 0 Å². The molecule has 0 unspecified atom stereocenters. The first-order valence-electron chi connectivity index (χ1n) is 10.3. The van der Waals surface area contributed by atoms with Gasteiger partial charge in [0.2, 0.25) is 15.9 Å². The lowest BCUT2D eigenvalue weighted by atomic mass is 10.1. The summed E-state index contributed by atoms with van der Waals surface area (Å²) in [6.07, 6.45) is 0. The smallest absolute Gasteiger partial charge is 0.261 e. The number of hydrogen-bond donors (Lipinski definition) is 2. The van der Waals surface area contributed by atoms with Crippen LogP contribution in [-0.2, 0) is 33.7 Å². The molecule has 0 aliphatic carbocycles. The van der Waals surface area contributed by atoms with Crippen LogP contribution < -0.4 is 14.8 Å². The van der Waals surface area contributed by atoms with Gasteiger partial charge in [-0.25, -0.2) is 18.1 Å². The maximum Gasteiger partial charge on any atom is 0.261 e. The Morgan fingerprint density at radius 2 is 1.85 bits per heavy atom. The number of carbonyl (C=O) groups is 1. The standard InChI is InChI=1S/C22H28N4O5S2/c1-13(2)26-33(28,29)12-16-9-7-6-8-15(16)10-23-20(27)19-14(3)18-21(31-5)24-17(11-30-4)25-22(18)32-19/h6-9,13,26H,10-12H2,1-5H3,(H,23,27). The summed E-state index contributed by atoms with van der Waals surface area (Å²) < 4.78 is 37.9. The molecule has 3 rings (SSSR count). The molecule has 0 saturated carbocycles. The summed E-state index contributed by atoms with van der Waals surface area (Å²) in [5.74, 6) is 0.436. The average molecular weight is 493 g/mol. The molecule has 0 bridgehead atoms. The monoisotopic (exact) mass is 492 g/mol. The summed E-state index contributed by atoms with van der Waals surface area (Å²) in [6, 6.07) is 6.97. The van der Waals surface area contributed by atoms with Gasteiger partial charge < -0.3 is 14.8 Å². The van der Waals surface area contributed by atoms with Gasteiger partial charge in [0, 0.05) is 19.7 Å². The fourth-order valence-electron chi connectivity index (χ4n) is 3.43. The molecule has 33 heavy (non-hydrogen) atoms. The summed E-state index contributed by atoms with van der Waals surface area (Å²) in [5.41, 5.74) is 2.10. The molecule has 2 heterocycles. The van der Waals surface area contributed by atoms with Crippen LogP contribution in [-0.4, -0.2) is 44.6 Å². The highest BCUT2D eigenvalue weighted by atomic mass is 32.2. The van der Waals surface area contributed by atoms with E-state index in [-0.39, 0.29) is 30.9 Å². The lowest BCUT2D eigenvalue weighted by Gasteiger charge is -2.13. The van der Waals surface area contributed by atoms with Gasteiger partial charge in [0.05, 0.1) is 23.1 Å². The van der Waals surface area contributed by atoms with E-state index in [4.69, 9.17) is 9.47 Å². The zero-order valence-corrected chi connectivity index (χ0v) is 20.9. The number of nitrogens with one attached hydrogen (secondary N) is 2. The van der Waals surface area contributed by atoms with Crippen molar-refractivity contribution in [1.82, 2.24) is 20.0 Å². The van der Waals surface area contributed by atoms with E-state index in [0.717, 1.165) is 11.1 Å². The number of aromatic nitrogens is 2. The SMILES string of the molecule is COCc1nc(OC)c2c(C)c(C(=O)NCc3ccccc3CS(=O)(=O)NC(C)C)sc2n1. The number of fused-ring (bicyclic) bond motifs is 1. The van der Waals surface area contributed by atoms with Crippen molar-refractivity contribution in [3.8, 4) is 5.88 Å². The predicted octanol–water partition coefficient (Wildman–Crippen LogP) is 2.91. The molecule has 1 amide bonds. The van der Waals surface area contributed by atoms with Gasteiger partial charge in [-0.1, -0.05) is 24.3 Å². The molecule has 9 nitrogen and oxygen atoms in total. The van der Waals surface area contributed by atoms with Gasteiger partial charge >= 0.3 is 0 Å². The maximum atomic E-state index is 13.0. The predicted molar refractivity (Wildman–Crippen MR) is 128 cm³/mol. The second-order valence-electron chi connectivity index (χ2n) is 7.80. The molecule has 2 N–H and O–H groups in total. The summed E-state index contributed by atoms with van der Waals surface area (Å²) in [6.45, 7) is 5.80. The molecule has 0 atom stereocenters. The maximum absolute atomic E-state index is 13.0. The van der Waals surface area contributed by atoms with Crippen molar-refractivity contribution in [1.29, 1.82) is 0 Å². The number of amides is 1. The Balaban J connectivity index is 1.83. The Bertz CT molecular complexity index is 1260. The number of methoxy groups -OCH3 is 2. The van der Waals surface area contributed by atoms with Gasteiger partial charge in [-0.15, -0.1) is 11.3 Å². The van der Waals surface area contributed by atoms with Crippen LogP contribution in [0.3, 0.4) is 0 Å². The summed E-state index contributed by atoms with van der Waals surface area (Å²) in [7, 11) is -0.409. The fraction of sp³-hybridized carbons (Fsp3) is 0.409. The van der Waals surface area contributed by atoms with Crippen molar-refractivity contribution in [3.63, 3.8) is 0 Å². The Labute approximate surface area is 197 Å². The van der Waals surface area contributed by atoms with Crippen molar-refractivity contribution in [3.05, 3.63) is 51.7 Å². The zero-order valence-electron chi connectivity index (χ0n) is 19.3. The number of thiophene rings is 1. The molecule has 11 heteroatoms. The number of ether oxygens (including phenoxy) is 2. The second-order valence-corrected chi connectivity index (χ2v) is 10.6. The van der Waals surface area contributed by atoms with Crippen LogP contribution in [0.4, 0.5) is 0 Å². The van der Waals surface area contributed by atoms with Crippen LogP contribution in [0.15, 0.2) is 24.3 Å². The van der Waals surface area contributed by atoms with Gasteiger partial charge in [-0.2, -0.15) is 4.98 Å². The zero-order chi connectivity index (χ0) is 24.2. The summed E-state index contributed by atoms with van der Waals surface area (Å²) in [5, 5.41) is 3.60. The van der Waals surface area contributed by atoms with Gasteiger partial charge in [0.15, 0.2) is 5.82 Å². The fourth-order valence-corrected chi connectivity index (χ4v) is 6.03. The van der Waals surface area contributed by atoms with Crippen LogP contribution in [0.2, 0.25) is 0 Å². The lowest BCUT2D eigenvalue weighted by Crippen LogP contribution is -2.31. The number of sulfonamides is 1. The molecule has 3 aromatic rings. The molecule has 0 spiro atoms. The Hall–Kier alpha value is -2.60. The topological polar surface area (TPSA) is 120 Å². The van der Waals surface area contributed by atoms with E-state index in [9.17, 15) is 13.2 Å². The number of carbonyl (C=O) groups excluding carboxylic acids is 1. The van der Waals surface area contributed by atoms with Crippen molar-refractivity contribution in [2.45, 2.75) is 45.7 Å². The van der Waals surface area contributed by atoms with Gasteiger partial charge in [-0.3, -0.25) is 4.79 Å². The van der Waals surface area contributed by atoms with Crippen molar-refractivity contribution < 1.29 is 22.7 Å². The normalized spacial score (nSPS) is 11.8. The van der Waals surface area contributed by atoms with E-state index in [1.165, 1.54) is 18.4 Å². The van der Waals surface area contributed by atoms with E-state index in [1.807, 2.05) is 19.1 Å². The molecule has 0 aliphatic heterocycles. The minimum atomic E-state index is -3.49. The quantitative estimate of drug-likeness (QED) is 0.447. The van der Waals surface area contributed by atoms with Gasteiger partial charge in [-0.05, 0) is 37.5 Å². The molecule has 0 saturated heterocycles. The van der Waals surface area contributed by atoms with E-state index < -0.39 is 10.0 Å². The molecular formula is C22H28N4O5S2. The Morgan fingerprint density at radius 1 is 1.15 bits per heavy atom. The van der Waals surface area contributed by atoms with Crippen molar-refractivity contribution >= 4 is 37.5 Å². The first kappa shape index (κ1) is 25.0. The molecule has 0 radical (unpaired) electrons. The number of hydrogen-bond acceptors (Lipinski definition) is 8. The molecule has 0 fully saturated rings. The highest BCUT2D eigenvalue weighted by molar-refractivity contribution is 7.88. The van der Waals surface area contributed by atoms with Crippen molar-refractivity contribution in [2.75, 3.05) is 14.2 Å². The first-order valence-corrected chi connectivity index (χ1v) is 12.8. The minimum Gasteiger partial charge on any atom is -0.480 e. The van der Waals surface area contributed by atoms with E-state index in [0.29, 0.717) is 32.4 Å². The molecule has 2 aromatic heterocycles. The minimum absolute atomic E-state index is 0.159. The number of benzene rings is 1.